The topological polar surface area (TPSA) is 68.0 Å². The van der Waals surface area contributed by atoms with Crippen LogP contribution in [0.15, 0.2) is 5.38 Å². The van der Waals surface area contributed by atoms with Crippen molar-refractivity contribution < 1.29 is 4.79 Å². The third-order valence-electron chi connectivity index (χ3n) is 3.64. The normalized spacial score (nSPS) is 18.6. The zero-order chi connectivity index (χ0) is 13.0. The summed E-state index contributed by atoms with van der Waals surface area (Å²) in [7, 11) is 0. The molecule has 0 spiro atoms. The molecule has 4 nitrogen and oxygen atoms in total. The van der Waals surface area contributed by atoms with E-state index in [1.807, 2.05) is 6.92 Å². The van der Waals surface area contributed by atoms with Crippen molar-refractivity contribution in [2.75, 3.05) is 6.54 Å². The molecule has 3 N–H and O–H groups in total. The molecule has 0 radical (unpaired) electrons. The highest BCUT2D eigenvalue weighted by Gasteiger charge is 2.24. The number of aromatic nitrogens is 1. The largest absolute Gasteiger partial charge is 0.346 e. The van der Waals surface area contributed by atoms with Crippen molar-refractivity contribution in [2.45, 2.75) is 45.1 Å². The number of nitrogens with two attached hydrogens (primary N) is 1. The molecular formula is C13H21N3OS. The molecule has 1 fully saturated rings. The first-order valence-corrected chi connectivity index (χ1v) is 7.51. The number of nitrogens with zero attached hydrogens (tertiary/aromatic N) is 1. The molecule has 18 heavy (non-hydrogen) atoms. The summed E-state index contributed by atoms with van der Waals surface area (Å²) < 4.78 is 0. The Hall–Kier alpha value is -0.940. The van der Waals surface area contributed by atoms with E-state index in [1.54, 1.807) is 5.38 Å². The van der Waals surface area contributed by atoms with Crippen molar-refractivity contribution in [3.8, 4) is 0 Å². The number of carbonyl (C=O) groups excluding carboxylic acids is 1. The minimum absolute atomic E-state index is 0.0830. The zero-order valence-corrected chi connectivity index (χ0v) is 11.6. The molecule has 1 amide bonds. The molecule has 0 saturated heterocycles. The van der Waals surface area contributed by atoms with E-state index in [4.69, 9.17) is 5.73 Å². The highest BCUT2D eigenvalue weighted by Crippen LogP contribution is 2.26. The van der Waals surface area contributed by atoms with Crippen LogP contribution >= 0.6 is 11.3 Å². The lowest BCUT2D eigenvalue weighted by atomic mass is 9.84. The Morgan fingerprint density at radius 3 is 2.83 bits per heavy atom. The lowest BCUT2D eigenvalue weighted by Crippen LogP contribution is -2.46. The van der Waals surface area contributed by atoms with Gasteiger partial charge in [0.25, 0.3) is 5.91 Å². The van der Waals surface area contributed by atoms with Gasteiger partial charge in [-0.15, -0.1) is 11.3 Å². The molecule has 1 aliphatic carbocycles. The number of nitrogens with one attached hydrogen (secondary N) is 1. The summed E-state index contributed by atoms with van der Waals surface area (Å²) in [5.74, 6) is 0.452. The van der Waals surface area contributed by atoms with Crippen molar-refractivity contribution in [2.24, 2.45) is 11.7 Å². The predicted octanol–water partition coefficient (Wildman–Crippen LogP) is 2.09. The lowest BCUT2D eigenvalue weighted by molar-refractivity contribution is 0.0911. The van der Waals surface area contributed by atoms with Crippen molar-refractivity contribution >= 4 is 17.2 Å². The highest BCUT2D eigenvalue weighted by molar-refractivity contribution is 7.09. The van der Waals surface area contributed by atoms with Crippen LogP contribution in [0.2, 0.25) is 0 Å². The van der Waals surface area contributed by atoms with Crippen molar-refractivity contribution in [1.82, 2.24) is 10.3 Å². The Morgan fingerprint density at radius 2 is 2.28 bits per heavy atom. The SMILES string of the molecule is Cc1nc(C(=O)NC(CN)C2CCCCC2)cs1. The fraction of sp³-hybridized carbons (Fsp3) is 0.692. The van der Waals surface area contributed by atoms with Crippen molar-refractivity contribution in [1.29, 1.82) is 0 Å². The molecule has 0 bridgehead atoms. The molecule has 1 atom stereocenters. The van der Waals surface area contributed by atoms with Gasteiger partial charge in [-0.05, 0) is 25.7 Å². The van der Waals surface area contributed by atoms with Gasteiger partial charge in [-0.25, -0.2) is 4.98 Å². The monoisotopic (exact) mass is 267 g/mol. The number of rotatable bonds is 4. The summed E-state index contributed by atoms with van der Waals surface area (Å²) in [5.41, 5.74) is 6.32. The Morgan fingerprint density at radius 1 is 1.56 bits per heavy atom. The molecule has 2 rings (SSSR count). The highest BCUT2D eigenvalue weighted by atomic mass is 32.1. The van der Waals surface area contributed by atoms with E-state index in [-0.39, 0.29) is 11.9 Å². The van der Waals surface area contributed by atoms with Crippen molar-refractivity contribution in [3.63, 3.8) is 0 Å². The molecular weight excluding hydrogens is 246 g/mol. The number of aryl methyl sites for hydroxylation is 1. The van der Waals surface area contributed by atoms with Gasteiger partial charge in [0, 0.05) is 18.0 Å². The summed E-state index contributed by atoms with van der Waals surface area (Å²) in [4.78, 5) is 16.3. The van der Waals surface area contributed by atoms with Gasteiger partial charge in [-0.3, -0.25) is 4.79 Å². The predicted molar refractivity (Wildman–Crippen MR) is 73.7 cm³/mol. The zero-order valence-electron chi connectivity index (χ0n) is 10.8. The summed E-state index contributed by atoms with van der Waals surface area (Å²) in [5, 5.41) is 5.77. The number of hydrogen-bond donors (Lipinski definition) is 2. The summed E-state index contributed by atoms with van der Waals surface area (Å²) >= 11 is 1.50. The second-order valence-electron chi connectivity index (χ2n) is 4.97. The van der Waals surface area contributed by atoms with Gasteiger partial charge >= 0.3 is 0 Å². The van der Waals surface area contributed by atoms with Gasteiger partial charge in [-0.1, -0.05) is 19.3 Å². The van der Waals surface area contributed by atoms with Crippen LogP contribution in [-0.4, -0.2) is 23.5 Å². The molecule has 100 valence electrons. The van der Waals surface area contributed by atoms with E-state index in [1.165, 1.54) is 43.4 Å². The molecule has 0 aromatic carbocycles. The molecule has 1 aromatic heterocycles. The standard InChI is InChI=1S/C13H21N3OS/c1-9-15-12(8-18-9)13(17)16-11(7-14)10-5-3-2-4-6-10/h8,10-11H,2-7,14H2,1H3,(H,16,17). The Bertz CT molecular complexity index is 399. The smallest absolute Gasteiger partial charge is 0.271 e. The number of thiazole rings is 1. The van der Waals surface area contributed by atoms with Crippen LogP contribution in [0.1, 0.15) is 47.6 Å². The molecule has 5 heteroatoms. The van der Waals surface area contributed by atoms with Gasteiger partial charge in [0.1, 0.15) is 5.69 Å². The van der Waals surface area contributed by atoms with E-state index in [0.717, 1.165) is 5.01 Å². The third kappa shape index (κ3) is 3.29. The van der Waals surface area contributed by atoms with E-state index in [9.17, 15) is 4.79 Å². The van der Waals surface area contributed by atoms with E-state index >= 15 is 0 Å². The van der Waals surface area contributed by atoms with Crippen LogP contribution in [0, 0.1) is 12.8 Å². The van der Waals surface area contributed by atoms with Gasteiger partial charge in [-0.2, -0.15) is 0 Å². The van der Waals surface area contributed by atoms with Gasteiger partial charge in [0.05, 0.1) is 5.01 Å². The first-order valence-electron chi connectivity index (χ1n) is 6.63. The van der Waals surface area contributed by atoms with Gasteiger partial charge in [0.15, 0.2) is 0 Å². The Kier molecular flexibility index (Phi) is 4.72. The maximum atomic E-state index is 12.0. The fourth-order valence-electron chi connectivity index (χ4n) is 2.62. The molecule has 1 aliphatic rings. The minimum Gasteiger partial charge on any atom is -0.346 e. The molecule has 1 unspecified atom stereocenters. The van der Waals surface area contributed by atoms with Gasteiger partial charge in [0.2, 0.25) is 0 Å². The molecule has 1 saturated carbocycles. The lowest BCUT2D eigenvalue weighted by Gasteiger charge is -2.29. The fourth-order valence-corrected chi connectivity index (χ4v) is 3.21. The summed E-state index contributed by atoms with van der Waals surface area (Å²) in [6.07, 6.45) is 6.18. The average Bonchev–Trinajstić information content (AvgIpc) is 2.83. The van der Waals surface area contributed by atoms with E-state index < -0.39 is 0 Å². The Balaban J connectivity index is 1.95. The first-order chi connectivity index (χ1) is 8.70. The van der Waals surface area contributed by atoms with Crippen LogP contribution in [0.25, 0.3) is 0 Å². The van der Waals surface area contributed by atoms with Crippen LogP contribution in [-0.2, 0) is 0 Å². The first kappa shape index (κ1) is 13.5. The van der Waals surface area contributed by atoms with Gasteiger partial charge < -0.3 is 11.1 Å². The average molecular weight is 267 g/mol. The van der Waals surface area contributed by atoms with Crippen LogP contribution in [0.5, 0.6) is 0 Å². The van der Waals surface area contributed by atoms with Crippen LogP contribution in [0.3, 0.4) is 0 Å². The second-order valence-corrected chi connectivity index (χ2v) is 6.03. The minimum atomic E-state index is -0.0830. The third-order valence-corrected chi connectivity index (χ3v) is 4.41. The summed E-state index contributed by atoms with van der Waals surface area (Å²) in [6, 6.07) is 0.0970. The molecule has 0 aliphatic heterocycles. The van der Waals surface area contributed by atoms with E-state index in [0.29, 0.717) is 18.2 Å². The Labute approximate surface area is 112 Å². The quantitative estimate of drug-likeness (QED) is 0.877. The van der Waals surface area contributed by atoms with Crippen LogP contribution < -0.4 is 11.1 Å². The second kappa shape index (κ2) is 6.29. The number of amides is 1. The van der Waals surface area contributed by atoms with E-state index in [2.05, 4.69) is 10.3 Å². The van der Waals surface area contributed by atoms with Crippen molar-refractivity contribution in [3.05, 3.63) is 16.1 Å². The molecule has 1 heterocycles. The number of carbonyl (C=O) groups is 1. The number of hydrogen-bond acceptors (Lipinski definition) is 4. The molecule has 1 aromatic rings. The maximum Gasteiger partial charge on any atom is 0.271 e. The van der Waals surface area contributed by atoms with Crippen LogP contribution in [0.4, 0.5) is 0 Å². The summed E-state index contributed by atoms with van der Waals surface area (Å²) in [6.45, 7) is 2.42. The maximum absolute atomic E-state index is 12.0.